The number of alkyl halides is 6. The smallest absolute Gasteiger partial charge is 0.322 e. The van der Waals surface area contributed by atoms with E-state index in [2.05, 4.69) is 10.3 Å². The summed E-state index contributed by atoms with van der Waals surface area (Å²) in [6, 6.07) is 13.7. The second-order valence-electron chi connectivity index (χ2n) is 7.61. The van der Waals surface area contributed by atoms with Gasteiger partial charge in [0.15, 0.2) is 0 Å². The first-order valence-corrected chi connectivity index (χ1v) is 11.3. The Labute approximate surface area is 205 Å². The highest BCUT2D eigenvalue weighted by Crippen LogP contribution is 2.33. The predicted octanol–water partition coefficient (Wildman–Crippen LogP) is 7.96. The van der Waals surface area contributed by atoms with Gasteiger partial charge in [-0.1, -0.05) is 36.4 Å². The second-order valence-corrected chi connectivity index (χ2v) is 8.50. The zero-order valence-corrected chi connectivity index (χ0v) is 19.0. The van der Waals surface area contributed by atoms with E-state index in [1.807, 2.05) is 0 Å². The maximum atomic E-state index is 13.0. The van der Waals surface area contributed by atoms with E-state index in [1.54, 1.807) is 23.7 Å². The third-order valence-electron chi connectivity index (χ3n) is 5.16. The topological polar surface area (TPSA) is 42.0 Å². The van der Waals surface area contributed by atoms with Crippen LogP contribution in [0.1, 0.15) is 22.3 Å². The van der Waals surface area contributed by atoms with Crippen LogP contribution >= 0.6 is 11.3 Å². The third-order valence-corrected chi connectivity index (χ3v) is 5.95. The van der Waals surface area contributed by atoms with Crippen LogP contribution < -0.4 is 5.32 Å². The van der Waals surface area contributed by atoms with Gasteiger partial charge in [0.25, 0.3) is 0 Å². The number of rotatable bonds is 5. The van der Waals surface area contributed by atoms with E-state index >= 15 is 0 Å². The number of benzene rings is 3. The maximum Gasteiger partial charge on any atom is 0.416 e. The number of hydrogen-bond donors (Lipinski definition) is 1. The largest absolute Gasteiger partial charge is 0.416 e. The Kier molecular flexibility index (Phi) is 6.98. The molecule has 0 saturated heterocycles. The van der Waals surface area contributed by atoms with Gasteiger partial charge in [0, 0.05) is 11.8 Å². The minimum atomic E-state index is -4.53. The molecule has 0 saturated carbocycles. The molecule has 1 heterocycles. The Hall–Kier alpha value is -3.92. The lowest BCUT2D eigenvalue weighted by molar-refractivity contribution is -0.138. The summed E-state index contributed by atoms with van der Waals surface area (Å²) < 4.78 is 78.6. The minimum absolute atomic E-state index is 0.337. The molecule has 0 radical (unpaired) electrons. The number of carbonyl (C=O) groups is 1. The number of fused-ring (bicyclic) bond motifs is 1. The van der Waals surface area contributed by atoms with Crippen molar-refractivity contribution in [2.24, 2.45) is 0 Å². The number of nitrogens with zero attached hydrogens (tertiary/aromatic N) is 1. The van der Waals surface area contributed by atoms with E-state index in [1.165, 1.54) is 53.8 Å². The van der Waals surface area contributed by atoms with E-state index in [-0.39, 0.29) is 0 Å². The van der Waals surface area contributed by atoms with E-state index in [9.17, 15) is 31.1 Å². The molecule has 3 aromatic carbocycles. The van der Waals surface area contributed by atoms with Crippen LogP contribution in [0.2, 0.25) is 0 Å². The van der Waals surface area contributed by atoms with Gasteiger partial charge < -0.3 is 5.32 Å². The van der Waals surface area contributed by atoms with Gasteiger partial charge in [-0.15, -0.1) is 11.3 Å². The van der Waals surface area contributed by atoms with Crippen molar-refractivity contribution in [2.75, 3.05) is 5.32 Å². The summed E-state index contributed by atoms with van der Waals surface area (Å²) in [5.74, 6) is -0.464. The number of halogens is 6. The first-order valence-electron chi connectivity index (χ1n) is 10.4. The zero-order chi connectivity index (χ0) is 25.9. The molecule has 10 heteroatoms. The summed E-state index contributed by atoms with van der Waals surface area (Å²) >= 11 is 1.42. The van der Waals surface area contributed by atoms with E-state index in [4.69, 9.17) is 0 Å². The van der Waals surface area contributed by atoms with E-state index in [0.717, 1.165) is 34.5 Å². The molecule has 0 spiro atoms. The molecule has 0 bridgehead atoms. The van der Waals surface area contributed by atoms with E-state index < -0.39 is 29.4 Å². The average molecular weight is 518 g/mol. The zero-order valence-electron chi connectivity index (χ0n) is 18.2. The number of anilines is 1. The molecule has 0 unspecified atom stereocenters. The molecule has 0 aliphatic heterocycles. The maximum absolute atomic E-state index is 13.0. The molecule has 1 amide bonds. The number of hydrogen-bond acceptors (Lipinski definition) is 3. The number of carbonyl (C=O) groups excluding carboxylic acids is 1. The van der Waals surface area contributed by atoms with Crippen LogP contribution in [0.4, 0.5) is 32.0 Å². The van der Waals surface area contributed by atoms with Crippen molar-refractivity contribution < 1.29 is 31.1 Å². The summed E-state index contributed by atoms with van der Waals surface area (Å²) in [7, 11) is 0. The fourth-order valence-corrected chi connectivity index (χ4v) is 4.10. The van der Waals surface area contributed by atoms with Crippen LogP contribution in [0.5, 0.6) is 0 Å². The molecule has 3 nitrogen and oxygen atoms in total. The molecule has 0 aliphatic carbocycles. The van der Waals surface area contributed by atoms with Gasteiger partial charge in [-0.05, 0) is 59.2 Å². The number of allylic oxidation sites excluding steroid dienone is 2. The van der Waals surface area contributed by atoms with Gasteiger partial charge in [-0.2, -0.15) is 26.3 Å². The van der Waals surface area contributed by atoms with Crippen LogP contribution in [0.3, 0.4) is 0 Å². The molecule has 0 aliphatic rings. The molecular formula is C26H16F6N2OS. The first kappa shape index (κ1) is 25.2. The number of aromatic nitrogens is 1. The summed E-state index contributed by atoms with van der Waals surface area (Å²) in [4.78, 5) is 16.5. The van der Waals surface area contributed by atoms with Crippen molar-refractivity contribution in [2.45, 2.75) is 12.4 Å². The Balaban J connectivity index is 1.61. The van der Waals surface area contributed by atoms with Gasteiger partial charge >= 0.3 is 12.4 Å². The van der Waals surface area contributed by atoms with E-state index in [0.29, 0.717) is 22.4 Å². The lowest BCUT2D eigenvalue weighted by Crippen LogP contribution is -2.07. The highest BCUT2D eigenvalue weighted by Gasteiger charge is 2.31. The van der Waals surface area contributed by atoms with Gasteiger partial charge in [0.05, 0.1) is 26.9 Å². The molecule has 4 aromatic rings. The Bertz CT molecular complexity index is 1370. The second kappa shape index (κ2) is 9.98. The standard InChI is InChI=1S/C26H16F6N2OS/c27-25(28,29)18-8-4-16(5-9-18)21(17-6-10-19(11-7-17)26(30,31)32)2-1-3-24(35)34-20-12-13-22-23(14-20)36-15-33-22/h1-15H,(H,34,35). The highest BCUT2D eigenvalue weighted by molar-refractivity contribution is 7.16. The lowest BCUT2D eigenvalue weighted by Gasteiger charge is -2.12. The van der Waals surface area contributed by atoms with Crippen molar-refractivity contribution in [3.8, 4) is 0 Å². The van der Waals surface area contributed by atoms with Crippen molar-refractivity contribution in [1.29, 1.82) is 0 Å². The van der Waals surface area contributed by atoms with Crippen molar-refractivity contribution >= 4 is 38.7 Å². The van der Waals surface area contributed by atoms with Crippen molar-refractivity contribution in [3.05, 3.63) is 113 Å². The molecule has 184 valence electrons. The number of amides is 1. The quantitative estimate of drug-likeness (QED) is 0.165. The normalized spacial score (nSPS) is 12.2. The number of nitrogens with one attached hydrogen (secondary N) is 1. The molecule has 0 atom stereocenters. The summed E-state index contributed by atoms with van der Waals surface area (Å²) in [6.07, 6.45) is -5.01. The number of thiazole rings is 1. The fourth-order valence-electron chi connectivity index (χ4n) is 3.39. The highest BCUT2D eigenvalue weighted by atomic mass is 32.1. The van der Waals surface area contributed by atoms with Gasteiger partial charge in [0.1, 0.15) is 0 Å². The SMILES string of the molecule is O=C(C=CC=C(c1ccc(C(F)(F)F)cc1)c1ccc(C(F)(F)F)cc1)Nc1ccc2ncsc2c1. The minimum Gasteiger partial charge on any atom is -0.322 e. The van der Waals surface area contributed by atoms with Gasteiger partial charge in [0.2, 0.25) is 5.91 Å². The van der Waals surface area contributed by atoms with Crippen LogP contribution in [-0.2, 0) is 17.1 Å². The fraction of sp³-hybridized carbons (Fsp3) is 0.0769. The Morgan fingerprint density at radius 2 is 1.36 bits per heavy atom. The molecule has 1 N–H and O–H groups in total. The van der Waals surface area contributed by atoms with Crippen LogP contribution in [0, 0.1) is 0 Å². The van der Waals surface area contributed by atoms with Crippen molar-refractivity contribution in [3.63, 3.8) is 0 Å². The van der Waals surface area contributed by atoms with Gasteiger partial charge in [-0.3, -0.25) is 4.79 Å². The molecule has 0 fully saturated rings. The average Bonchev–Trinajstić information content (AvgIpc) is 3.29. The molecule has 36 heavy (non-hydrogen) atoms. The third kappa shape index (κ3) is 6.01. The molecule has 1 aromatic heterocycles. The van der Waals surface area contributed by atoms with Crippen LogP contribution in [0.25, 0.3) is 15.8 Å². The Morgan fingerprint density at radius 3 is 1.89 bits per heavy atom. The van der Waals surface area contributed by atoms with Crippen molar-refractivity contribution in [1.82, 2.24) is 4.98 Å². The Morgan fingerprint density at radius 1 is 0.806 bits per heavy atom. The summed E-state index contributed by atoms with van der Waals surface area (Å²) in [6.45, 7) is 0. The predicted molar refractivity (Wildman–Crippen MR) is 127 cm³/mol. The summed E-state index contributed by atoms with van der Waals surface area (Å²) in [5.41, 5.74) is 2.34. The molecular weight excluding hydrogens is 502 g/mol. The first-order chi connectivity index (χ1) is 17.0. The molecule has 4 rings (SSSR count). The monoisotopic (exact) mass is 518 g/mol. The van der Waals surface area contributed by atoms with Crippen LogP contribution in [-0.4, -0.2) is 10.9 Å². The lowest BCUT2D eigenvalue weighted by atomic mass is 9.95. The van der Waals surface area contributed by atoms with Crippen LogP contribution in [0.15, 0.2) is 90.5 Å². The van der Waals surface area contributed by atoms with Gasteiger partial charge in [-0.25, -0.2) is 4.98 Å². The summed E-state index contributed by atoms with van der Waals surface area (Å²) in [5, 5.41) is 2.70.